The lowest BCUT2D eigenvalue weighted by molar-refractivity contribution is 0.550. The molecule has 0 atom stereocenters. The minimum atomic E-state index is -0.301. The molecule has 0 nitrogen and oxygen atoms in total. The number of rotatable bonds is 2. The Morgan fingerprint density at radius 1 is 0.786 bits per heavy atom. The number of halogens is 2. The van der Waals surface area contributed by atoms with E-state index in [4.69, 9.17) is 0 Å². The van der Waals surface area contributed by atoms with E-state index in [9.17, 15) is 8.78 Å². The van der Waals surface area contributed by atoms with Crippen molar-refractivity contribution < 1.29 is 8.78 Å². The summed E-state index contributed by atoms with van der Waals surface area (Å²) in [6.07, 6.45) is 0. The fourth-order valence-corrected chi connectivity index (χ4v) is 1.76. The molecule has 1 aromatic carbocycles. The average molecular weight is 198 g/mol. The molecule has 0 N–H and O–H groups in total. The molecular weight excluding hydrogens is 182 g/mol. The van der Waals surface area contributed by atoms with Gasteiger partial charge in [-0.3, -0.25) is 0 Å². The fourth-order valence-electron chi connectivity index (χ4n) is 1.76. The van der Waals surface area contributed by atoms with Crippen LogP contribution in [0, 0.1) is 11.6 Å². The van der Waals surface area contributed by atoms with Crippen molar-refractivity contribution >= 4 is 0 Å². The van der Waals surface area contributed by atoms with E-state index in [2.05, 4.69) is 0 Å². The van der Waals surface area contributed by atoms with E-state index in [1.165, 1.54) is 12.1 Å². The van der Waals surface area contributed by atoms with Crippen molar-refractivity contribution in [1.82, 2.24) is 0 Å². The lowest BCUT2D eigenvalue weighted by Crippen LogP contribution is -2.05. The molecule has 0 aliphatic heterocycles. The first kappa shape index (κ1) is 11.2. The van der Waals surface area contributed by atoms with Crippen molar-refractivity contribution in [1.29, 1.82) is 0 Å². The molecular formula is C12H16F2. The van der Waals surface area contributed by atoms with Crippen molar-refractivity contribution in [2.75, 3.05) is 0 Å². The zero-order valence-corrected chi connectivity index (χ0v) is 9.07. The molecule has 0 saturated heterocycles. The van der Waals surface area contributed by atoms with E-state index in [1.807, 2.05) is 27.7 Å². The Balaban J connectivity index is 3.42. The maximum Gasteiger partial charge on any atom is 0.127 e. The summed E-state index contributed by atoms with van der Waals surface area (Å²) in [5.41, 5.74) is 1.03. The topological polar surface area (TPSA) is 0 Å². The molecule has 0 aliphatic carbocycles. The monoisotopic (exact) mass is 198 g/mol. The van der Waals surface area contributed by atoms with Gasteiger partial charge in [-0.25, -0.2) is 8.78 Å². The molecule has 0 saturated carbocycles. The molecule has 0 spiro atoms. The molecule has 14 heavy (non-hydrogen) atoms. The quantitative estimate of drug-likeness (QED) is 0.667. The van der Waals surface area contributed by atoms with Gasteiger partial charge in [-0.05, 0) is 35.1 Å². The van der Waals surface area contributed by atoms with Gasteiger partial charge in [0.1, 0.15) is 11.6 Å². The predicted molar refractivity (Wildman–Crippen MR) is 54.5 cm³/mol. The highest BCUT2D eigenvalue weighted by Gasteiger charge is 2.18. The summed E-state index contributed by atoms with van der Waals surface area (Å²) in [5.74, 6) is -0.568. The minimum absolute atomic E-state index is 0.0168. The number of hydrogen-bond donors (Lipinski definition) is 0. The van der Waals surface area contributed by atoms with Gasteiger partial charge in [0.05, 0.1) is 0 Å². The Bertz CT molecular complexity index is 294. The van der Waals surface area contributed by atoms with Crippen molar-refractivity contribution in [3.8, 4) is 0 Å². The van der Waals surface area contributed by atoms with Gasteiger partial charge in [0, 0.05) is 0 Å². The fraction of sp³-hybridized carbons (Fsp3) is 0.500. The van der Waals surface area contributed by atoms with Crippen LogP contribution in [-0.2, 0) is 0 Å². The predicted octanol–water partition coefficient (Wildman–Crippen LogP) is 4.21. The van der Waals surface area contributed by atoms with E-state index >= 15 is 0 Å². The van der Waals surface area contributed by atoms with Crippen LogP contribution in [0.15, 0.2) is 12.1 Å². The van der Waals surface area contributed by atoms with E-state index in [-0.39, 0.29) is 23.5 Å². The Morgan fingerprint density at radius 2 is 1.07 bits per heavy atom. The summed E-state index contributed by atoms with van der Waals surface area (Å²) in [5, 5.41) is 0. The van der Waals surface area contributed by atoms with E-state index in [1.54, 1.807) is 0 Å². The third-order valence-corrected chi connectivity index (χ3v) is 2.34. The first-order valence-corrected chi connectivity index (χ1v) is 4.93. The summed E-state index contributed by atoms with van der Waals surface area (Å²) in [6, 6.07) is 2.41. The molecule has 0 heterocycles. The van der Waals surface area contributed by atoms with Gasteiger partial charge in [0.2, 0.25) is 0 Å². The lowest BCUT2D eigenvalue weighted by atomic mass is 9.90. The number of hydrogen-bond acceptors (Lipinski definition) is 0. The first-order valence-electron chi connectivity index (χ1n) is 4.93. The molecule has 1 aromatic rings. The van der Waals surface area contributed by atoms with Crippen LogP contribution in [0.2, 0.25) is 0 Å². The van der Waals surface area contributed by atoms with Gasteiger partial charge < -0.3 is 0 Å². The third-order valence-electron chi connectivity index (χ3n) is 2.34. The summed E-state index contributed by atoms with van der Waals surface area (Å²) in [4.78, 5) is 0. The van der Waals surface area contributed by atoms with Crippen LogP contribution in [0.4, 0.5) is 8.78 Å². The second kappa shape index (κ2) is 4.07. The van der Waals surface area contributed by atoms with Gasteiger partial charge in [-0.2, -0.15) is 0 Å². The summed E-state index contributed by atoms with van der Waals surface area (Å²) < 4.78 is 26.9. The highest BCUT2D eigenvalue weighted by molar-refractivity contribution is 5.34. The van der Waals surface area contributed by atoms with Crippen LogP contribution in [0.1, 0.15) is 50.7 Å². The van der Waals surface area contributed by atoms with Crippen molar-refractivity contribution in [3.05, 3.63) is 34.9 Å². The zero-order valence-electron chi connectivity index (χ0n) is 9.07. The highest BCUT2D eigenvalue weighted by Crippen LogP contribution is 2.30. The highest BCUT2D eigenvalue weighted by atomic mass is 19.1. The Labute approximate surface area is 84.0 Å². The van der Waals surface area contributed by atoms with E-state index < -0.39 is 0 Å². The second-order valence-electron chi connectivity index (χ2n) is 4.17. The van der Waals surface area contributed by atoms with Crippen molar-refractivity contribution in [3.63, 3.8) is 0 Å². The first-order chi connectivity index (χ1) is 6.45. The SMILES string of the molecule is CC(C)c1c(F)ccc(F)c1C(C)C. The van der Waals surface area contributed by atoms with E-state index in [0.717, 1.165) is 0 Å². The van der Waals surface area contributed by atoms with Gasteiger partial charge in [-0.1, -0.05) is 27.7 Å². The zero-order chi connectivity index (χ0) is 10.9. The van der Waals surface area contributed by atoms with Crippen LogP contribution in [0.25, 0.3) is 0 Å². The summed E-state index contributed by atoms with van der Waals surface area (Å²) in [6.45, 7) is 7.51. The van der Waals surface area contributed by atoms with Gasteiger partial charge in [-0.15, -0.1) is 0 Å². The third kappa shape index (κ3) is 1.94. The molecule has 0 radical (unpaired) electrons. The summed E-state index contributed by atoms with van der Waals surface area (Å²) in [7, 11) is 0. The van der Waals surface area contributed by atoms with Crippen LogP contribution >= 0.6 is 0 Å². The average Bonchev–Trinajstić information content (AvgIpc) is 2.07. The molecule has 0 bridgehead atoms. The molecule has 0 amide bonds. The standard InChI is InChI=1S/C12H16F2/c1-7(2)11-9(13)5-6-10(14)12(11)8(3)4/h5-8H,1-4H3. The largest absolute Gasteiger partial charge is 0.207 e. The molecule has 0 aromatic heterocycles. The molecule has 78 valence electrons. The Hall–Kier alpha value is -0.920. The van der Waals surface area contributed by atoms with Crippen molar-refractivity contribution in [2.45, 2.75) is 39.5 Å². The molecule has 0 aliphatic rings. The Morgan fingerprint density at radius 3 is 1.29 bits per heavy atom. The Kier molecular flexibility index (Phi) is 3.25. The van der Waals surface area contributed by atoms with Crippen LogP contribution in [0.5, 0.6) is 0 Å². The normalized spacial score (nSPS) is 11.4. The second-order valence-corrected chi connectivity index (χ2v) is 4.17. The van der Waals surface area contributed by atoms with Gasteiger partial charge in [0.25, 0.3) is 0 Å². The van der Waals surface area contributed by atoms with Crippen molar-refractivity contribution in [2.24, 2.45) is 0 Å². The lowest BCUT2D eigenvalue weighted by Gasteiger charge is -2.17. The molecule has 1 rings (SSSR count). The minimum Gasteiger partial charge on any atom is -0.207 e. The summed E-state index contributed by atoms with van der Waals surface area (Å²) >= 11 is 0. The smallest absolute Gasteiger partial charge is 0.127 e. The van der Waals surface area contributed by atoms with Crippen LogP contribution < -0.4 is 0 Å². The maximum atomic E-state index is 13.5. The van der Waals surface area contributed by atoms with Crippen LogP contribution in [-0.4, -0.2) is 0 Å². The number of benzene rings is 1. The molecule has 0 fully saturated rings. The van der Waals surface area contributed by atoms with Crippen LogP contribution in [0.3, 0.4) is 0 Å². The van der Waals surface area contributed by atoms with Gasteiger partial charge >= 0.3 is 0 Å². The molecule has 0 unspecified atom stereocenters. The van der Waals surface area contributed by atoms with E-state index in [0.29, 0.717) is 11.1 Å². The molecule has 2 heteroatoms. The van der Waals surface area contributed by atoms with Gasteiger partial charge in [0.15, 0.2) is 0 Å². The maximum absolute atomic E-state index is 13.5.